The number of aromatic nitrogens is 4. The van der Waals surface area contributed by atoms with Crippen molar-refractivity contribution in [1.82, 2.24) is 29.8 Å². The normalized spacial score (nSPS) is 14.7. The average molecular weight is 535 g/mol. The van der Waals surface area contributed by atoms with E-state index in [0.29, 0.717) is 13.2 Å². The SMILES string of the molecule is COCCNC(=O)C1CCN(Cc2ccc(-c3nc4c(cnc5cc(C)nn54)cc3-c3ccccc3)cc2)CC1. The molecule has 1 aliphatic heterocycles. The van der Waals surface area contributed by atoms with Crippen molar-refractivity contribution in [3.05, 3.63) is 84.2 Å². The second kappa shape index (κ2) is 11.5. The largest absolute Gasteiger partial charge is 0.383 e. The number of amides is 1. The molecule has 0 aliphatic carbocycles. The van der Waals surface area contributed by atoms with Gasteiger partial charge in [-0.15, -0.1) is 0 Å². The van der Waals surface area contributed by atoms with Crippen LogP contribution in [0.15, 0.2) is 72.9 Å². The zero-order chi connectivity index (χ0) is 27.5. The number of carbonyl (C=O) groups is 1. The van der Waals surface area contributed by atoms with Crippen molar-refractivity contribution in [3.8, 4) is 22.4 Å². The van der Waals surface area contributed by atoms with Gasteiger partial charge in [0.25, 0.3) is 0 Å². The van der Waals surface area contributed by atoms with Gasteiger partial charge < -0.3 is 10.1 Å². The van der Waals surface area contributed by atoms with Gasteiger partial charge in [-0.2, -0.15) is 9.61 Å². The number of ether oxygens (including phenoxy) is 1. The Morgan fingerprint density at radius 3 is 2.55 bits per heavy atom. The maximum Gasteiger partial charge on any atom is 0.223 e. The van der Waals surface area contributed by atoms with Crippen LogP contribution in [0.3, 0.4) is 0 Å². The first-order valence-corrected chi connectivity index (χ1v) is 13.9. The van der Waals surface area contributed by atoms with E-state index in [1.165, 1.54) is 5.56 Å². The Balaban J connectivity index is 1.23. The van der Waals surface area contributed by atoms with Crippen LogP contribution in [-0.2, 0) is 16.1 Å². The van der Waals surface area contributed by atoms with Gasteiger partial charge in [0.05, 0.1) is 18.0 Å². The molecule has 204 valence electrons. The van der Waals surface area contributed by atoms with E-state index in [2.05, 4.69) is 74.9 Å². The second-order valence-electron chi connectivity index (χ2n) is 10.5. The molecule has 8 heteroatoms. The number of carbonyl (C=O) groups excluding carboxylic acids is 1. The van der Waals surface area contributed by atoms with Crippen LogP contribution >= 0.6 is 0 Å². The van der Waals surface area contributed by atoms with E-state index in [4.69, 9.17) is 9.72 Å². The van der Waals surface area contributed by atoms with Gasteiger partial charge in [-0.1, -0.05) is 54.6 Å². The minimum Gasteiger partial charge on any atom is -0.383 e. The molecule has 0 unspecified atom stereocenters. The third kappa shape index (κ3) is 5.46. The highest BCUT2D eigenvalue weighted by Crippen LogP contribution is 2.34. The zero-order valence-electron chi connectivity index (χ0n) is 23.0. The monoisotopic (exact) mass is 534 g/mol. The van der Waals surface area contributed by atoms with Crippen LogP contribution in [-0.4, -0.2) is 63.7 Å². The third-order valence-electron chi connectivity index (χ3n) is 7.66. The summed E-state index contributed by atoms with van der Waals surface area (Å²) in [4.78, 5) is 24.6. The Kier molecular flexibility index (Phi) is 7.53. The van der Waals surface area contributed by atoms with Gasteiger partial charge in [-0.05, 0) is 50.0 Å². The number of rotatable bonds is 8. The molecule has 1 amide bonds. The van der Waals surface area contributed by atoms with Crippen LogP contribution in [0.4, 0.5) is 0 Å². The van der Waals surface area contributed by atoms with Gasteiger partial charge in [0.1, 0.15) is 0 Å². The maximum absolute atomic E-state index is 12.4. The van der Waals surface area contributed by atoms with E-state index in [1.54, 1.807) is 7.11 Å². The number of nitrogens with zero attached hydrogens (tertiary/aromatic N) is 5. The van der Waals surface area contributed by atoms with Crippen molar-refractivity contribution in [2.45, 2.75) is 26.3 Å². The first-order valence-electron chi connectivity index (χ1n) is 13.9. The molecule has 6 rings (SSSR count). The van der Waals surface area contributed by atoms with E-state index >= 15 is 0 Å². The van der Waals surface area contributed by atoms with E-state index in [-0.39, 0.29) is 11.8 Å². The molecule has 1 fully saturated rings. The van der Waals surface area contributed by atoms with Gasteiger partial charge >= 0.3 is 0 Å². The quantitative estimate of drug-likeness (QED) is 0.285. The molecule has 1 N–H and O–H groups in total. The lowest BCUT2D eigenvalue weighted by Crippen LogP contribution is -2.41. The lowest BCUT2D eigenvalue weighted by molar-refractivity contribution is -0.126. The number of fused-ring (bicyclic) bond motifs is 3. The highest BCUT2D eigenvalue weighted by molar-refractivity contribution is 5.90. The molecule has 1 aliphatic rings. The number of hydrogen-bond donors (Lipinski definition) is 1. The van der Waals surface area contributed by atoms with Crippen LogP contribution in [0.1, 0.15) is 24.1 Å². The third-order valence-corrected chi connectivity index (χ3v) is 7.66. The molecule has 0 spiro atoms. The number of methoxy groups -OCH3 is 1. The Hall–Kier alpha value is -4.14. The molecule has 0 radical (unpaired) electrons. The fraction of sp³-hybridized carbons (Fsp3) is 0.312. The van der Waals surface area contributed by atoms with Crippen molar-refractivity contribution in [2.75, 3.05) is 33.4 Å². The highest BCUT2D eigenvalue weighted by Gasteiger charge is 2.24. The minimum atomic E-state index is 0.0890. The summed E-state index contributed by atoms with van der Waals surface area (Å²) < 4.78 is 6.86. The summed E-state index contributed by atoms with van der Waals surface area (Å²) in [6.07, 6.45) is 3.65. The van der Waals surface area contributed by atoms with Crippen LogP contribution in [0, 0.1) is 12.8 Å². The maximum atomic E-state index is 12.4. The van der Waals surface area contributed by atoms with Crippen molar-refractivity contribution >= 4 is 22.6 Å². The molecular formula is C32H34N6O2. The van der Waals surface area contributed by atoms with Crippen molar-refractivity contribution < 1.29 is 9.53 Å². The van der Waals surface area contributed by atoms with E-state index in [1.807, 2.05) is 29.8 Å². The van der Waals surface area contributed by atoms with Gasteiger partial charge in [-0.25, -0.2) is 9.97 Å². The molecule has 3 aromatic heterocycles. The predicted molar refractivity (Wildman–Crippen MR) is 157 cm³/mol. The minimum absolute atomic E-state index is 0.0890. The molecule has 40 heavy (non-hydrogen) atoms. The molecule has 2 aromatic carbocycles. The van der Waals surface area contributed by atoms with Gasteiger partial charge in [0.15, 0.2) is 11.3 Å². The van der Waals surface area contributed by atoms with E-state index in [0.717, 1.165) is 77.2 Å². The summed E-state index contributed by atoms with van der Waals surface area (Å²) >= 11 is 0. The number of likely N-dealkylation sites (tertiary alicyclic amines) is 1. The van der Waals surface area contributed by atoms with Crippen molar-refractivity contribution in [3.63, 3.8) is 0 Å². The molecule has 4 heterocycles. The highest BCUT2D eigenvalue weighted by atomic mass is 16.5. The summed E-state index contributed by atoms with van der Waals surface area (Å²) in [5, 5.41) is 8.58. The van der Waals surface area contributed by atoms with Crippen LogP contribution < -0.4 is 5.32 Å². The molecular weight excluding hydrogens is 500 g/mol. The van der Waals surface area contributed by atoms with Gasteiger partial charge in [-0.3, -0.25) is 9.69 Å². The number of aryl methyl sites for hydroxylation is 1. The standard InChI is InChI=1S/C32H34N6O2/c1-22-18-29-34-20-27-19-28(24-6-4-3-5-7-24)30(35-31(27)38(29)36-22)25-10-8-23(9-11-25)21-37-15-12-26(13-16-37)32(39)33-14-17-40-2/h3-11,18-20,26H,12-17,21H2,1-2H3,(H,33,39). The summed E-state index contributed by atoms with van der Waals surface area (Å²) in [5.41, 5.74) is 7.92. The summed E-state index contributed by atoms with van der Waals surface area (Å²) in [6, 6.07) is 23.2. The number of nitrogens with one attached hydrogen (secondary N) is 1. The number of pyridine rings is 1. The Morgan fingerprint density at radius 1 is 1.02 bits per heavy atom. The molecule has 8 nitrogen and oxygen atoms in total. The average Bonchev–Trinajstić information content (AvgIpc) is 3.38. The summed E-state index contributed by atoms with van der Waals surface area (Å²) in [7, 11) is 1.65. The van der Waals surface area contributed by atoms with Gasteiger partial charge in [0, 0.05) is 54.9 Å². The molecule has 0 saturated carbocycles. The lowest BCUT2D eigenvalue weighted by atomic mass is 9.95. The fourth-order valence-corrected chi connectivity index (χ4v) is 5.51. The van der Waals surface area contributed by atoms with Gasteiger partial charge in [0.2, 0.25) is 5.91 Å². The number of piperidine rings is 1. The Bertz CT molecular complexity index is 1620. The molecule has 1 saturated heterocycles. The number of benzene rings is 2. The first-order chi connectivity index (χ1) is 19.6. The molecule has 0 atom stereocenters. The van der Waals surface area contributed by atoms with Crippen LogP contribution in [0.5, 0.6) is 0 Å². The number of hydrogen-bond acceptors (Lipinski definition) is 6. The van der Waals surface area contributed by atoms with Crippen LogP contribution in [0.25, 0.3) is 39.1 Å². The fourth-order valence-electron chi connectivity index (χ4n) is 5.51. The lowest BCUT2D eigenvalue weighted by Gasteiger charge is -2.31. The predicted octanol–water partition coefficient (Wildman–Crippen LogP) is 4.89. The summed E-state index contributed by atoms with van der Waals surface area (Å²) in [5.74, 6) is 0.239. The van der Waals surface area contributed by atoms with Crippen LogP contribution in [0.2, 0.25) is 0 Å². The summed E-state index contributed by atoms with van der Waals surface area (Å²) in [6.45, 7) is 5.80. The topological polar surface area (TPSA) is 84.6 Å². The molecule has 5 aromatic rings. The van der Waals surface area contributed by atoms with E-state index < -0.39 is 0 Å². The van der Waals surface area contributed by atoms with E-state index in [9.17, 15) is 4.79 Å². The Labute approximate surface area is 234 Å². The first kappa shape index (κ1) is 26.1. The smallest absolute Gasteiger partial charge is 0.223 e. The zero-order valence-corrected chi connectivity index (χ0v) is 23.0. The van der Waals surface area contributed by atoms with Crippen molar-refractivity contribution in [2.24, 2.45) is 5.92 Å². The Morgan fingerprint density at radius 2 is 1.80 bits per heavy atom. The molecule has 0 bridgehead atoms. The second-order valence-corrected chi connectivity index (χ2v) is 10.5. The van der Waals surface area contributed by atoms with Crippen molar-refractivity contribution in [1.29, 1.82) is 0 Å².